The van der Waals surface area contributed by atoms with Crippen molar-refractivity contribution >= 4 is 18.3 Å². The Kier molecular flexibility index (Phi) is 4.67. The van der Waals surface area contributed by atoms with Crippen LogP contribution in [-0.2, 0) is 25.8 Å². The Bertz CT molecular complexity index is 255. The third kappa shape index (κ3) is 3.75. The summed E-state index contributed by atoms with van der Waals surface area (Å²) in [5, 5.41) is 9.67. The highest BCUT2D eigenvalue weighted by Gasteiger charge is 2.42. The van der Waals surface area contributed by atoms with E-state index in [1.807, 2.05) is 0 Å². The number of methoxy groups -OCH3 is 1. The maximum absolute atomic E-state index is 9.67. The smallest absolute Gasteiger partial charge is 0.183 e. The van der Waals surface area contributed by atoms with Crippen LogP contribution in [0.15, 0.2) is 0 Å². The van der Waals surface area contributed by atoms with Crippen LogP contribution in [0.5, 0.6) is 0 Å². The highest BCUT2D eigenvalue weighted by Crippen LogP contribution is 2.38. The number of rotatable bonds is 4. The predicted molar refractivity (Wildman–Crippen MR) is 59.5 cm³/mol. The Hall–Kier alpha value is 0.450. The van der Waals surface area contributed by atoms with E-state index in [4.69, 9.17) is 25.8 Å². The molecule has 1 aliphatic heterocycles. The van der Waals surface area contributed by atoms with E-state index in [2.05, 4.69) is 0 Å². The van der Waals surface area contributed by atoms with Gasteiger partial charge in [-0.05, 0) is 18.7 Å². The maximum Gasteiger partial charge on any atom is 0.183 e. The topological polar surface area (TPSA) is 68.2 Å². The molecule has 1 rings (SSSR count). The first-order valence-electron chi connectivity index (χ1n) is 4.66. The molecule has 0 radical (unpaired) electrons. The van der Waals surface area contributed by atoms with E-state index >= 15 is 0 Å². The molecule has 0 bridgehead atoms. The summed E-state index contributed by atoms with van der Waals surface area (Å²) in [6, 6.07) is 0. The van der Waals surface area contributed by atoms with Crippen molar-refractivity contribution in [3.8, 4) is 0 Å². The molecular formula is C8H17O5PS. The molecule has 0 aromatic rings. The first-order chi connectivity index (χ1) is 6.85. The molecule has 0 spiro atoms. The standard InChI is InChI=1S/C8H17O5PS/c1-5-7(9)8(11-2)6(13-5)4-12-14(3,10)15/h5-9H,4H2,1-3H3,(H,10,15)/t5-,6+,7-,8+,14?/m1/s1. The molecule has 90 valence electrons. The molecule has 0 aliphatic carbocycles. The summed E-state index contributed by atoms with van der Waals surface area (Å²) in [7, 11) is 1.50. The normalized spacial score (nSPS) is 40.3. The monoisotopic (exact) mass is 256 g/mol. The van der Waals surface area contributed by atoms with E-state index in [0.29, 0.717) is 0 Å². The van der Waals surface area contributed by atoms with Crippen molar-refractivity contribution < 1.29 is 24.0 Å². The Labute approximate surface area is 94.5 Å². The average molecular weight is 256 g/mol. The van der Waals surface area contributed by atoms with Gasteiger partial charge in [0.2, 0.25) is 0 Å². The van der Waals surface area contributed by atoms with Crippen LogP contribution in [0.1, 0.15) is 6.92 Å². The van der Waals surface area contributed by atoms with Crippen LogP contribution in [0.2, 0.25) is 0 Å². The van der Waals surface area contributed by atoms with Crippen LogP contribution in [0.25, 0.3) is 0 Å². The molecule has 0 amide bonds. The SMILES string of the molecule is CO[C@@H]1[C@H](O)[C@@H](C)O[C@H]1COP(C)(O)=S. The first kappa shape index (κ1) is 13.5. The molecule has 2 N–H and O–H groups in total. The number of aliphatic hydroxyl groups is 1. The molecule has 1 fully saturated rings. The third-order valence-corrected chi connectivity index (χ3v) is 3.27. The van der Waals surface area contributed by atoms with Gasteiger partial charge in [-0.2, -0.15) is 0 Å². The fourth-order valence-electron chi connectivity index (χ4n) is 1.56. The Balaban J connectivity index is 2.52. The number of aliphatic hydroxyl groups excluding tert-OH is 1. The quantitative estimate of drug-likeness (QED) is 0.695. The van der Waals surface area contributed by atoms with Crippen molar-refractivity contribution in [3.63, 3.8) is 0 Å². The molecule has 15 heavy (non-hydrogen) atoms. The number of hydrogen-bond acceptors (Lipinski definition) is 5. The molecule has 0 aromatic carbocycles. The van der Waals surface area contributed by atoms with Crippen molar-refractivity contribution in [1.82, 2.24) is 0 Å². The second kappa shape index (κ2) is 5.19. The highest BCUT2D eigenvalue weighted by molar-refractivity contribution is 8.09. The summed E-state index contributed by atoms with van der Waals surface area (Å²) < 4.78 is 15.7. The summed E-state index contributed by atoms with van der Waals surface area (Å²) in [6.07, 6.45) is -1.77. The molecular weight excluding hydrogens is 239 g/mol. The minimum atomic E-state index is -2.68. The lowest BCUT2D eigenvalue weighted by atomic mass is 10.1. The summed E-state index contributed by atoms with van der Waals surface area (Å²) >= 11 is 4.74. The highest BCUT2D eigenvalue weighted by atomic mass is 32.5. The molecule has 7 heteroatoms. The van der Waals surface area contributed by atoms with Crippen molar-refractivity contribution in [2.45, 2.75) is 31.3 Å². The van der Waals surface area contributed by atoms with Crippen LogP contribution in [0.4, 0.5) is 0 Å². The summed E-state index contributed by atoms with van der Waals surface area (Å²) in [6.45, 7) is 0.697. The molecule has 5 atom stereocenters. The van der Waals surface area contributed by atoms with Crippen LogP contribution in [-0.4, -0.2) is 54.8 Å². The van der Waals surface area contributed by atoms with Gasteiger partial charge in [-0.3, -0.25) is 0 Å². The Morgan fingerprint density at radius 1 is 1.53 bits per heavy atom. The second-order valence-electron chi connectivity index (χ2n) is 3.67. The van der Waals surface area contributed by atoms with Gasteiger partial charge < -0.3 is 24.0 Å². The zero-order valence-electron chi connectivity index (χ0n) is 8.99. The third-order valence-electron chi connectivity index (χ3n) is 2.32. The van der Waals surface area contributed by atoms with E-state index in [9.17, 15) is 10.00 Å². The van der Waals surface area contributed by atoms with Gasteiger partial charge in [-0.25, -0.2) is 0 Å². The largest absolute Gasteiger partial charge is 0.388 e. The average Bonchev–Trinajstić information content (AvgIpc) is 2.38. The fourth-order valence-corrected chi connectivity index (χ4v) is 2.16. The van der Waals surface area contributed by atoms with E-state index < -0.39 is 18.7 Å². The van der Waals surface area contributed by atoms with Gasteiger partial charge in [-0.15, -0.1) is 0 Å². The zero-order chi connectivity index (χ0) is 11.6. The second-order valence-corrected chi connectivity index (χ2v) is 7.57. The number of ether oxygens (including phenoxy) is 2. The molecule has 0 aromatic heterocycles. The van der Waals surface area contributed by atoms with E-state index in [1.54, 1.807) is 6.92 Å². The number of hydrogen-bond donors (Lipinski definition) is 2. The minimum absolute atomic E-state index is 0.143. The predicted octanol–water partition coefficient (Wildman–Crippen LogP) is 0.0978. The summed E-state index contributed by atoms with van der Waals surface area (Å²) in [4.78, 5) is 9.31. The fraction of sp³-hybridized carbons (Fsp3) is 1.00. The van der Waals surface area contributed by atoms with Crippen molar-refractivity contribution in [2.75, 3.05) is 20.4 Å². The van der Waals surface area contributed by atoms with Crippen LogP contribution >= 0.6 is 6.49 Å². The van der Waals surface area contributed by atoms with Crippen LogP contribution in [0, 0.1) is 0 Å². The molecule has 0 saturated carbocycles. The van der Waals surface area contributed by atoms with Gasteiger partial charge in [0.05, 0.1) is 12.7 Å². The van der Waals surface area contributed by atoms with Gasteiger partial charge >= 0.3 is 0 Å². The van der Waals surface area contributed by atoms with E-state index in [1.165, 1.54) is 13.8 Å². The van der Waals surface area contributed by atoms with E-state index in [-0.39, 0.29) is 18.8 Å². The van der Waals surface area contributed by atoms with Crippen LogP contribution in [0.3, 0.4) is 0 Å². The van der Waals surface area contributed by atoms with Gasteiger partial charge in [0.15, 0.2) is 6.49 Å². The lowest BCUT2D eigenvalue weighted by molar-refractivity contribution is -0.0290. The molecule has 5 nitrogen and oxygen atoms in total. The Morgan fingerprint density at radius 2 is 2.13 bits per heavy atom. The van der Waals surface area contributed by atoms with Crippen molar-refractivity contribution in [3.05, 3.63) is 0 Å². The van der Waals surface area contributed by atoms with Gasteiger partial charge in [0.1, 0.15) is 18.3 Å². The molecule has 1 saturated heterocycles. The van der Waals surface area contributed by atoms with Crippen LogP contribution < -0.4 is 0 Å². The summed E-state index contributed by atoms with van der Waals surface area (Å²) in [5.74, 6) is 0. The lowest BCUT2D eigenvalue weighted by Gasteiger charge is -2.20. The zero-order valence-corrected chi connectivity index (χ0v) is 10.7. The molecule has 1 aliphatic rings. The van der Waals surface area contributed by atoms with E-state index in [0.717, 1.165) is 0 Å². The van der Waals surface area contributed by atoms with Gasteiger partial charge in [0, 0.05) is 13.8 Å². The van der Waals surface area contributed by atoms with Crippen molar-refractivity contribution in [1.29, 1.82) is 0 Å². The van der Waals surface area contributed by atoms with Gasteiger partial charge in [0.25, 0.3) is 0 Å². The maximum atomic E-state index is 9.67. The molecule has 1 heterocycles. The lowest BCUT2D eigenvalue weighted by Crippen LogP contribution is -2.35. The first-order valence-corrected chi connectivity index (χ1v) is 7.78. The molecule has 1 unspecified atom stereocenters. The van der Waals surface area contributed by atoms with Crippen molar-refractivity contribution in [2.24, 2.45) is 0 Å². The summed E-state index contributed by atoms with van der Waals surface area (Å²) in [5.41, 5.74) is 0. The van der Waals surface area contributed by atoms with Gasteiger partial charge in [-0.1, -0.05) is 0 Å². The minimum Gasteiger partial charge on any atom is -0.388 e. The Morgan fingerprint density at radius 3 is 2.60 bits per heavy atom.